The van der Waals surface area contributed by atoms with E-state index in [-0.39, 0.29) is 18.6 Å². The van der Waals surface area contributed by atoms with Crippen LogP contribution < -0.4 is 11.1 Å². The molecule has 0 unspecified atom stereocenters. The lowest BCUT2D eigenvalue weighted by atomic mass is 10.0. The van der Waals surface area contributed by atoms with Gasteiger partial charge in [-0.05, 0) is 37.5 Å². The van der Waals surface area contributed by atoms with Crippen molar-refractivity contribution in [3.05, 3.63) is 28.8 Å². The molecule has 4 N–H and O–H groups in total. The topological polar surface area (TPSA) is 75.3 Å². The van der Waals surface area contributed by atoms with Gasteiger partial charge < -0.3 is 16.2 Å². The summed E-state index contributed by atoms with van der Waals surface area (Å²) < 4.78 is 0. The SMILES string of the molecule is CC[C@@H](CO)NC(=O)c1cc(N)c(C)cc1C. The van der Waals surface area contributed by atoms with Crippen LogP contribution in [0.4, 0.5) is 5.69 Å². The molecule has 0 aliphatic heterocycles. The molecule has 0 aliphatic rings. The molecule has 0 saturated carbocycles. The van der Waals surface area contributed by atoms with E-state index >= 15 is 0 Å². The highest BCUT2D eigenvalue weighted by Crippen LogP contribution is 2.17. The summed E-state index contributed by atoms with van der Waals surface area (Å²) in [6.45, 7) is 5.65. The quantitative estimate of drug-likeness (QED) is 0.691. The number of benzene rings is 1. The fourth-order valence-corrected chi connectivity index (χ4v) is 1.65. The van der Waals surface area contributed by atoms with Crippen LogP contribution in [0.25, 0.3) is 0 Å². The number of aliphatic hydroxyl groups excluding tert-OH is 1. The van der Waals surface area contributed by atoms with Crippen molar-refractivity contribution in [1.82, 2.24) is 5.32 Å². The number of rotatable bonds is 4. The molecule has 1 aromatic rings. The van der Waals surface area contributed by atoms with Gasteiger partial charge in [0.15, 0.2) is 0 Å². The van der Waals surface area contributed by atoms with E-state index in [2.05, 4.69) is 5.32 Å². The number of carbonyl (C=O) groups excluding carboxylic acids is 1. The maximum Gasteiger partial charge on any atom is 0.251 e. The van der Waals surface area contributed by atoms with Crippen molar-refractivity contribution in [3.63, 3.8) is 0 Å². The Kier molecular flexibility index (Phi) is 4.52. The van der Waals surface area contributed by atoms with E-state index in [1.165, 1.54) is 0 Å². The Bertz CT molecular complexity index is 412. The third-order valence-electron chi connectivity index (χ3n) is 2.91. The molecule has 0 fully saturated rings. The number of aliphatic hydroxyl groups is 1. The fourth-order valence-electron chi connectivity index (χ4n) is 1.65. The van der Waals surface area contributed by atoms with Gasteiger partial charge in [-0.2, -0.15) is 0 Å². The molecule has 1 rings (SSSR count). The van der Waals surface area contributed by atoms with Gasteiger partial charge in [-0.1, -0.05) is 13.0 Å². The van der Waals surface area contributed by atoms with Crippen molar-refractivity contribution in [2.24, 2.45) is 0 Å². The summed E-state index contributed by atoms with van der Waals surface area (Å²) in [6, 6.07) is 3.37. The summed E-state index contributed by atoms with van der Waals surface area (Å²) in [5.41, 5.74) is 8.83. The van der Waals surface area contributed by atoms with Crippen molar-refractivity contribution >= 4 is 11.6 Å². The van der Waals surface area contributed by atoms with E-state index in [9.17, 15) is 4.79 Å². The molecule has 94 valence electrons. The molecule has 4 nitrogen and oxygen atoms in total. The second-order valence-electron chi connectivity index (χ2n) is 4.28. The lowest BCUT2D eigenvalue weighted by Gasteiger charge is -2.16. The standard InChI is InChI=1S/C13H20N2O2/c1-4-10(7-16)15-13(17)11-6-12(14)9(3)5-8(11)2/h5-6,10,16H,4,7,14H2,1-3H3,(H,15,17)/t10-/m0/s1. The van der Waals surface area contributed by atoms with E-state index in [4.69, 9.17) is 10.8 Å². The molecular weight excluding hydrogens is 216 g/mol. The highest BCUT2D eigenvalue weighted by Gasteiger charge is 2.14. The number of nitrogen functional groups attached to an aromatic ring is 1. The molecule has 0 spiro atoms. The van der Waals surface area contributed by atoms with Crippen LogP contribution in [0.3, 0.4) is 0 Å². The summed E-state index contributed by atoms with van der Waals surface area (Å²) in [6.07, 6.45) is 0.697. The zero-order valence-corrected chi connectivity index (χ0v) is 10.6. The first kappa shape index (κ1) is 13.5. The van der Waals surface area contributed by atoms with Crippen LogP contribution in [0.5, 0.6) is 0 Å². The molecule has 0 heterocycles. The largest absolute Gasteiger partial charge is 0.398 e. The van der Waals surface area contributed by atoms with Gasteiger partial charge in [-0.3, -0.25) is 4.79 Å². The monoisotopic (exact) mass is 236 g/mol. The van der Waals surface area contributed by atoms with Crippen LogP contribution >= 0.6 is 0 Å². The van der Waals surface area contributed by atoms with Crippen LogP contribution in [0, 0.1) is 13.8 Å². The Balaban J connectivity index is 2.93. The predicted molar refractivity (Wildman–Crippen MR) is 69.0 cm³/mol. The number of aryl methyl sites for hydroxylation is 2. The van der Waals surface area contributed by atoms with Crippen molar-refractivity contribution in [1.29, 1.82) is 0 Å². The number of nitrogens with one attached hydrogen (secondary N) is 1. The Hall–Kier alpha value is -1.55. The number of hydrogen-bond donors (Lipinski definition) is 3. The predicted octanol–water partition coefficient (Wildman–Crippen LogP) is 1.39. The smallest absolute Gasteiger partial charge is 0.251 e. The lowest BCUT2D eigenvalue weighted by Crippen LogP contribution is -2.37. The van der Waals surface area contributed by atoms with E-state index in [0.29, 0.717) is 17.7 Å². The second kappa shape index (κ2) is 5.68. The van der Waals surface area contributed by atoms with Gasteiger partial charge in [0, 0.05) is 11.3 Å². The number of amides is 1. The first-order chi connectivity index (χ1) is 7.99. The van der Waals surface area contributed by atoms with Crippen LogP contribution in [-0.2, 0) is 0 Å². The fraction of sp³-hybridized carbons (Fsp3) is 0.462. The average Bonchev–Trinajstić information content (AvgIpc) is 2.30. The van der Waals surface area contributed by atoms with E-state index in [1.807, 2.05) is 26.8 Å². The van der Waals surface area contributed by atoms with E-state index in [0.717, 1.165) is 11.1 Å². The van der Waals surface area contributed by atoms with Gasteiger partial charge >= 0.3 is 0 Å². The number of carbonyl (C=O) groups is 1. The van der Waals surface area contributed by atoms with Crippen LogP contribution in [0.15, 0.2) is 12.1 Å². The highest BCUT2D eigenvalue weighted by molar-refractivity contribution is 5.96. The minimum absolute atomic E-state index is 0.0529. The maximum absolute atomic E-state index is 12.0. The van der Waals surface area contributed by atoms with Crippen LogP contribution in [0.1, 0.15) is 34.8 Å². The maximum atomic E-state index is 12.0. The molecule has 17 heavy (non-hydrogen) atoms. The molecule has 4 heteroatoms. The molecule has 1 atom stereocenters. The second-order valence-corrected chi connectivity index (χ2v) is 4.28. The Morgan fingerprint density at radius 1 is 1.41 bits per heavy atom. The molecule has 0 aromatic heterocycles. The molecule has 0 radical (unpaired) electrons. The average molecular weight is 236 g/mol. The number of anilines is 1. The first-order valence-electron chi connectivity index (χ1n) is 5.78. The summed E-state index contributed by atoms with van der Waals surface area (Å²) in [4.78, 5) is 12.0. The number of hydrogen-bond acceptors (Lipinski definition) is 3. The van der Waals surface area contributed by atoms with Gasteiger partial charge in [0.2, 0.25) is 0 Å². The molecule has 1 aromatic carbocycles. The van der Waals surface area contributed by atoms with E-state index < -0.39 is 0 Å². The molecule has 0 bridgehead atoms. The minimum Gasteiger partial charge on any atom is -0.398 e. The lowest BCUT2D eigenvalue weighted by molar-refractivity contribution is 0.0914. The Morgan fingerprint density at radius 2 is 2.06 bits per heavy atom. The first-order valence-corrected chi connectivity index (χ1v) is 5.78. The normalized spacial score (nSPS) is 12.2. The van der Waals surface area contributed by atoms with Crippen molar-refractivity contribution in [2.75, 3.05) is 12.3 Å². The molecule has 1 amide bonds. The van der Waals surface area contributed by atoms with E-state index in [1.54, 1.807) is 6.07 Å². The van der Waals surface area contributed by atoms with Gasteiger partial charge in [0.05, 0.1) is 12.6 Å². The summed E-state index contributed by atoms with van der Waals surface area (Å²) in [5, 5.41) is 11.8. The van der Waals surface area contributed by atoms with Crippen molar-refractivity contribution < 1.29 is 9.90 Å². The molecular formula is C13H20N2O2. The Labute approximate surface area is 102 Å². The highest BCUT2D eigenvalue weighted by atomic mass is 16.3. The third-order valence-corrected chi connectivity index (χ3v) is 2.91. The summed E-state index contributed by atoms with van der Waals surface area (Å²) in [5.74, 6) is -0.185. The van der Waals surface area contributed by atoms with Crippen molar-refractivity contribution in [2.45, 2.75) is 33.2 Å². The summed E-state index contributed by atoms with van der Waals surface area (Å²) >= 11 is 0. The third kappa shape index (κ3) is 3.20. The number of nitrogens with two attached hydrogens (primary N) is 1. The zero-order chi connectivity index (χ0) is 13.0. The van der Waals surface area contributed by atoms with Gasteiger partial charge in [0.1, 0.15) is 0 Å². The zero-order valence-electron chi connectivity index (χ0n) is 10.6. The van der Waals surface area contributed by atoms with Gasteiger partial charge in [-0.15, -0.1) is 0 Å². The Morgan fingerprint density at radius 3 is 2.59 bits per heavy atom. The molecule has 0 saturated heterocycles. The van der Waals surface area contributed by atoms with Gasteiger partial charge in [0.25, 0.3) is 5.91 Å². The van der Waals surface area contributed by atoms with Gasteiger partial charge in [-0.25, -0.2) is 0 Å². The molecule has 0 aliphatic carbocycles. The minimum atomic E-state index is -0.204. The van der Waals surface area contributed by atoms with Crippen LogP contribution in [-0.4, -0.2) is 23.7 Å². The van der Waals surface area contributed by atoms with Crippen LogP contribution in [0.2, 0.25) is 0 Å². The van der Waals surface area contributed by atoms with Crippen molar-refractivity contribution in [3.8, 4) is 0 Å². The summed E-state index contributed by atoms with van der Waals surface area (Å²) in [7, 11) is 0.